The van der Waals surface area contributed by atoms with E-state index in [9.17, 15) is 4.79 Å². The van der Waals surface area contributed by atoms with Crippen molar-refractivity contribution in [3.8, 4) is 0 Å². The minimum Gasteiger partial charge on any atom is -0.444 e. The molecule has 0 bridgehead atoms. The minimum absolute atomic E-state index is 0.0573. The van der Waals surface area contributed by atoms with E-state index in [1.807, 2.05) is 20.8 Å². The van der Waals surface area contributed by atoms with Crippen LogP contribution >= 0.6 is 0 Å². The molecular weight excluding hydrogens is 272 g/mol. The molecule has 0 radical (unpaired) electrons. The Kier molecular flexibility index (Phi) is 4.82. The molecule has 0 unspecified atom stereocenters. The normalized spacial score (nSPS) is 19.6. The van der Waals surface area contributed by atoms with Crippen LogP contribution in [0.5, 0.6) is 0 Å². The van der Waals surface area contributed by atoms with Gasteiger partial charge in [0.15, 0.2) is 0 Å². The summed E-state index contributed by atoms with van der Waals surface area (Å²) >= 11 is 0. The van der Waals surface area contributed by atoms with Gasteiger partial charge in [-0.2, -0.15) is 0 Å². The van der Waals surface area contributed by atoms with Crippen molar-refractivity contribution in [3.05, 3.63) is 11.9 Å². The van der Waals surface area contributed by atoms with Gasteiger partial charge in [0.25, 0.3) is 0 Å². The van der Waals surface area contributed by atoms with Crippen molar-refractivity contribution in [2.75, 3.05) is 6.54 Å². The van der Waals surface area contributed by atoms with Crippen molar-refractivity contribution in [3.63, 3.8) is 0 Å². The Labute approximate surface area is 124 Å². The van der Waals surface area contributed by atoms with Crippen molar-refractivity contribution >= 4 is 6.09 Å². The zero-order valence-corrected chi connectivity index (χ0v) is 12.9. The highest BCUT2D eigenvalue weighted by atomic mass is 16.6. The molecule has 7 heteroatoms. The number of aliphatic hydroxyl groups excluding tert-OH is 1. The van der Waals surface area contributed by atoms with E-state index in [2.05, 4.69) is 10.3 Å². The number of hydrogen-bond acceptors (Lipinski definition) is 5. The first-order chi connectivity index (χ1) is 9.89. The number of ether oxygens (including phenoxy) is 1. The number of carbonyl (C=O) groups is 1. The highest BCUT2D eigenvalue weighted by Crippen LogP contribution is 2.21. The van der Waals surface area contributed by atoms with Crippen LogP contribution in [0, 0.1) is 0 Å². The first-order valence-electron chi connectivity index (χ1n) is 7.38. The number of aromatic nitrogens is 3. The monoisotopic (exact) mass is 296 g/mol. The maximum absolute atomic E-state index is 12.3. The van der Waals surface area contributed by atoms with Crippen molar-refractivity contribution in [2.45, 2.75) is 64.8 Å². The standard InChI is InChI=1S/C14H24N4O3/c1-14(2,3)21-13(20)18-7-5-4-6-12(18)9-17-8-11(10-19)15-16-17/h8,12,19H,4-7,9-10H2,1-3H3/t12-/m1/s1. The molecule has 0 saturated carbocycles. The summed E-state index contributed by atoms with van der Waals surface area (Å²) in [6.07, 6.45) is 4.45. The zero-order chi connectivity index (χ0) is 15.5. The molecule has 0 spiro atoms. The predicted octanol–water partition coefficient (Wildman–Crippen LogP) is 1.56. The van der Waals surface area contributed by atoms with Gasteiger partial charge in [0.1, 0.15) is 11.3 Å². The fraction of sp³-hybridized carbons (Fsp3) is 0.786. The SMILES string of the molecule is CC(C)(C)OC(=O)N1CCCC[C@@H]1Cn1cc(CO)nn1. The molecule has 2 heterocycles. The molecule has 0 aromatic carbocycles. The van der Waals surface area contributed by atoms with E-state index in [4.69, 9.17) is 9.84 Å². The van der Waals surface area contributed by atoms with Gasteiger partial charge in [0.2, 0.25) is 0 Å². The Hall–Kier alpha value is -1.63. The topological polar surface area (TPSA) is 80.5 Å². The molecule has 0 aliphatic carbocycles. The summed E-state index contributed by atoms with van der Waals surface area (Å²) in [6, 6.07) is 0.0573. The van der Waals surface area contributed by atoms with E-state index in [0.29, 0.717) is 18.8 Å². The molecule has 1 aliphatic rings. The van der Waals surface area contributed by atoms with Gasteiger partial charge in [-0.05, 0) is 40.0 Å². The Morgan fingerprint density at radius 3 is 2.86 bits per heavy atom. The first-order valence-corrected chi connectivity index (χ1v) is 7.38. The van der Waals surface area contributed by atoms with Crippen LogP contribution in [0.3, 0.4) is 0 Å². The number of aliphatic hydroxyl groups is 1. The molecule has 1 fully saturated rings. The number of amides is 1. The predicted molar refractivity (Wildman–Crippen MR) is 76.5 cm³/mol. The van der Waals surface area contributed by atoms with Crippen LogP contribution < -0.4 is 0 Å². The molecule has 1 atom stereocenters. The van der Waals surface area contributed by atoms with E-state index in [1.165, 1.54) is 0 Å². The summed E-state index contributed by atoms with van der Waals surface area (Å²) in [5.74, 6) is 0. The molecule has 1 aromatic rings. The molecule has 1 saturated heterocycles. The second kappa shape index (κ2) is 6.43. The van der Waals surface area contributed by atoms with Gasteiger partial charge in [-0.1, -0.05) is 5.21 Å². The second-order valence-corrected chi connectivity index (χ2v) is 6.41. The number of hydrogen-bond donors (Lipinski definition) is 1. The van der Waals surface area contributed by atoms with Gasteiger partial charge < -0.3 is 14.7 Å². The highest BCUT2D eigenvalue weighted by Gasteiger charge is 2.30. The molecule has 1 amide bonds. The summed E-state index contributed by atoms with van der Waals surface area (Å²) in [5, 5.41) is 16.9. The van der Waals surface area contributed by atoms with E-state index >= 15 is 0 Å². The molecule has 7 nitrogen and oxygen atoms in total. The summed E-state index contributed by atoms with van der Waals surface area (Å²) in [6.45, 7) is 6.77. The molecular formula is C14H24N4O3. The fourth-order valence-electron chi connectivity index (χ4n) is 2.47. The number of carbonyl (C=O) groups excluding carboxylic acids is 1. The lowest BCUT2D eigenvalue weighted by molar-refractivity contribution is 0.00733. The van der Waals surface area contributed by atoms with Crippen molar-refractivity contribution in [2.24, 2.45) is 0 Å². The molecule has 21 heavy (non-hydrogen) atoms. The lowest BCUT2D eigenvalue weighted by Crippen LogP contribution is -2.47. The third kappa shape index (κ3) is 4.42. The quantitative estimate of drug-likeness (QED) is 0.915. The third-order valence-electron chi connectivity index (χ3n) is 3.40. The summed E-state index contributed by atoms with van der Waals surface area (Å²) < 4.78 is 7.15. The molecule has 1 aliphatic heterocycles. The largest absolute Gasteiger partial charge is 0.444 e. The lowest BCUT2D eigenvalue weighted by atomic mass is 10.0. The van der Waals surface area contributed by atoms with Crippen molar-refractivity contribution in [1.82, 2.24) is 19.9 Å². The molecule has 118 valence electrons. The minimum atomic E-state index is -0.490. The van der Waals surface area contributed by atoms with Gasteiger partial charge in [-0.15, -0.1) is 5.10 Å². The second-order valence-electron chi connectivity index (χ2n) is 6.41. The molecule has 1 N–H and O–H groups in total. The van der Waals surface area contributed by atoms with Crippen LogP contribution in [0.1, 0.15) is 45.7 Å². The number of likely N-dealkylation sites (tertiary alicyclic amines) is 1. The summed E-state index contributed by atoms with van der Waals surface area (Å²) in [4.78, 5) is 14.1. The van der Waals surface area contributed by atoms with Gasteiger partial charge in [-0.25, -0.2) is 4.79 Å². The number of piperidine rings is 1. The average molecular weight is 296 g/mol. The van der Waals surface area contributed by atoms with Crippen LogP contribution in [-0.2, 0) is 17.9 Å². The van der Waals surface area contributed by atoms with Crippen LogP contribution in [0.15, 0.2) is 6.20 Å². The average Bonchev–Trinajstić information content (AvgIpc) is 2.85. The van der Waals surface area contributed by atoms with Crippen molar-refractivity contribution in [1.29, 1.82) is 0 Å². The highest BCUT2D eigenvalue weighted by molar-refractivity contribution is 5.68. The Balaban J connectivity index is 2.02. The smallest absolute Gasteiger partial charge is 0.410 e. The Bertz CT molecular complexity index is 481. The number of nitrogens with zero attached hydrogens (tertiary/aromatic N) is 4. The fourth-order valence-corrected chi connectivity index (χ4v) is 2.47. The Morgan fingerprint density at radius 2 is 2.24 bits per heavy atom. The summed E-state index contributed by atoms with van der Waals surface area (Å²) in [7, 11) is 0. The maximum atomic E-state index is 12.3. The van der Waals surface area contributed by atoms with E-state index in [1.54, 1.807) is 15.8 Å². The van der Waals surface area contributed by atoms with Crippen LogP contribution in [0.25, 0.3) is 0 Å². The molecule has 1 aromatic heterocycles. The molecule has 2 rings (SSSR count). The first kappa shape index (κ1) is 15.8. The van der Waals surface area contributed by atoms with Gasteiger partial charge in [-0.3, -0.25) is 4.68 Å². The third-order valence-corrected chi connectivity index (χ3v) is 3.40. The van der Waals surface area contributed by atoms with Crippen molar-refractivity contribution < 1.29 is 14.6 Å². The maximum Gasteiger partial charge on any atom is 0.410 e. The summed E-state index contributed by atoms with van der Waals surface area (Å²) in [5.41, 5.74) is 0.0470. The van der Waals surface area contributed by atoms with Crippen LogP contribution in [0.4, 0.5) is 4.79 Å². The van der Waals surface area contributed by atoms with Gasteiger partial charge >= 0.3 is 6.09 Å². The lowest BCUT2D eigenvalue weighted by Gasteiger charge is -2.36. The number of rotatable bonds is 3. The van der Waals surface area contributed by atoms with Gasteiger partial charge in [0, 0.05) is 6.54 Å². The van der Waals surface area contributed by atoms with E-state index in [0.717, 1.165) is 19.3 Å². The van der Waals surface area contributed by atoms with Crippen LogP contribution in [-0.4, -0.2) is 49.3 Å². The zero-order valence-electron chi connectivity index (χ0n) is 12.9. The van der Waals surface area contributed by atoms with Crippen LogP contribution in [0.2, 0.25) is 0 Å². The Morgan fingerprint density at radius 1 is 1.48 bits per heavy atom. The van der Waals surface area contributed by atoms with E-state index in [-0.39, 0.29) is 18.7 Å². The van der Waals surface area contributed by atoms with Gasteiger partial charge in [0.05, 0.1) is 25.4 Å². The van der Waals surface area contributed by atoms with E-state index < -0.39 is 5.60 Å².